The van der Waals surface area contributed by atoms with Crippen LogP contribution in [0, 0.1) is 6.92 Å². The topological polar surface area (TPSA) is 235 Å². The molecular formula is C23H29FN6O8S2. The highest BCUT2D eigenvalue weighted by molar-refractivity contribution is 7.86. The van der Waals surface area contributed by atoms with Crippen molar-refractivity contribution in [1.29, 1.82) is 0 Å². The second kappa shape index (κ2) is 12.4. The number of nitrogens with zero attached hydrogens (tertiary/aromatic N) is 3. The molecule has 1 aliphatic heterocycles. The molecule has 40 heavy (non-hydrogen) atoms. The number of carboxylic acids is 1. The molecule has 14 nitrogen and oxygen atoms in total. The predicted molar refractivity (Wildman–Crippen MR) is 147 cm³/mol. The molecule has 2 aromatic rings. The van der Waals surface area contributed by atoms with E-state index in [9.17, 15) is 30.3 Å². The van der Waals surface area contributed by atoms with Crippen LogP contribution in [0.3, 0.4) is 0 Å². The molecule has 2 aromatic carbocycles. The quantitative estimate of drug-likeness (QED) is 0.214. The number of guanidine groups is 2. The van der Waals surface area contributed by atoms with Crippen LogP contribution < -0.4 is 21.7 Å². The summed E-state index contributed by atoms with van der Waals surface area (Å²) < 4.78 is 62.3. The summed E-state index contributed by atoms with van der Waals surface area (Å²) in [5.74, 6) is -2.67. The van der Waals surface area contributed by atoms with Gasteiger partial charge in [-0.25, -0.2) is 4.99 Å². The number of hydrogen-bond donors (Lipinski definition) is 5. The van der Waals surface area contributed by atoms with Crippen molar-refractivity contribution < 1.29 is 40.0 Å². The number of anilines is 2. The van der Waals surface area contributed by atoms with Crippen molar-refractivity contribution in [2.75, 3.05) is 16.0 Å². The summed E-state index contributed by atoms with van der Waals surface area (Å²) in [5.41, 5.74) is 13.4. The van der Waals surface area contributed by atoms with Crippen molar-refractivity contribution in [3.8, 4) is 0 Å². The van der Waals surface area contributed by atoms with Gasteiger partial charge < -0.3 is 21.9 Å². The fraction of sp³-hybridized carbons (Fsp3) is 0.304. The van der Waals surface area contributed by atoms with Crippen LogP contribution in [0.25, 0.3) is 0 Å². The number of amides is 1. The summed E-state index contributed by atoms with van der Waals surface area (Å²) in [7, 11) is -9.12. The first-order valence-electron chi connectivity index (χ1n) is 11.4. The number of carbonyl (C=O) groups excluding carboxylic acids is 1. The average Bonchev–Trinajstić information content (AvgIpc) is 2.75. The zero-order valence-corrected chi connectivity index (χ0v) is 23.3. The molecule has 1 heterocycles. The van der Waals surface area contributed by atoms with Gasteiger partial charge >= 0.3 is 16.2 Å². The molecule has 1 amide bonds. The maximum atomic E-state index is 13.2. The zero-order chi connectivity index (χ0) is 30.5. The van der Waals surface area contributed by atoms with Gasteiger partial charge in [-0.3, -0.25) is 19.0 Å². The summed E-state index contributed by atoms with van der Waals surface area (Å²) in [6, 6.07) is 11.4. The van der Waals surface area contributed by atoms with Crippen molar-refractivity contribution in [1.82, 2.24) is 0 Å². The number of benzene rings is 2. The summed E-state index contributed by atoms with van der Waals surface area (Å²) >= 11 is 0. The lowest BCUT2D eigenvalue weighted by Gasteiger charge is -2.38. The van der Waals surface area contributed by atoms with Gasteiger partial charge in [-0.1, -0.05) is 12.1 Å². The first-order chi connectivity index (χ1) is 18.3. The number of halogens is 1. The first-order valence-corrected chi connectivity index (χ1v) is 14.4. The van der Waals surface area contributed by atoms with Gasteiger partial charge in [-0.15, -0.1) is 3.89 Å². The molecule has 0 saturated heterocycles. The third-order valence-electron chi connectivity index (χ3n) is 5.26. The fourth-order valence-corrected chi connectivity index (χ4v) is 4.69. The Balaban J connectivity index is 0.000000611. The Morgan fingerprint density at radius 1 is 1.07 bits per heavy atom. The Morgan fingerprint density at radius 3 is 2.12 bits per heavy atom. The van der Waals surface area contributed by atoms with E-state index in [4.69, 9.17) is 21.1 Å². The van der Waals surface area contributed by atoms with E-state index in [1.54, 1.807) is 4.90 Å². The van der Waals surface area contributed by atoms with Gasteiger partial charge in [0.15, 0.2) is 5.75 Å². The molecule has 3 rings (SSSR count). The van der Waals surface area contributed by atoms with Gasteiger partial charge in [0.1, 0.15) is 10.6 Å². The lowest BCUT2D eigenvalue weighted by Crippen LogP contribution is -2.54. The average molecular weight is 601 g/mol. The fourth-order valence-electron chi connectivity index (χ4n) is 3.70. The van der Waals surface area contributed by atoms with Crippen LogP contribution in [0.15, 0.2) is 57.3 Å². The predicted octanol–water partition coefficient (Wildman–Crippen LogP) is 1.37. The van der Waals surface area contributed by atoms with E-state index in [2.05, 4.69) is 15.3 Å². The van der Waals surface area contributed by atoms with Gasteiger partial charge in [0, 0.05) is 17.8 Å². The number of aliphatic imine (C=N–C) groups is 2. The number of carboxylic acid groups (broad SMARTS) is 1. The van der Waals surface area contributed by atoms with E-state index in [1.165, 1.54) is 19.1 Å². The van der Waals surface area contributed by atoms with Crippen LogP contribution >= 0.6 is 0 Å². The van der Waals surface area contributed by atoms with Gasteiger partial charge in [-0.05, 0) is 68.7 Å². The van der Waals surface area contributed by atoms with Crippen LogP contribution in [0.4, 0.5) is 15.3 Å². The summed E-state index contributed by atoms with van der Waals surface area (Å²) in [5, 5.41) is 10.4. The maximum Gasteiger partial charge on any atom is 0.332 e. The minimum Gasteiger partial charge on any atom is -0.480 e. The number of aliphatic carboxylic acids is 1. The highest BCUT2D eigenvalue weighted by Gasteiger charge is 2.32. The maximum absolute atomic E-state index is 13.2. The molecule has 0 aromatic heterocycles. The summed E-state index contributed by atoms with van der Waals surface area (Å²) in [4.78, 5) is 31.5. The van der Waals surface area contributed by atoms with E-state index in [0.717, 1.165) is 17.3 Å². The second-order valence-electron chi connectivity index (χ2n) is 9.02. The minimum atomic E-state index is -4.79. The van der Waals surface area contributed by atoms with Crippen LogP contribution in [0.5, 0.6) is 0 Å². The van der Waals surface area contributed by atoms with E-state index < -0.39 is 42.6 Å². The molecule has 0 unspecified atom stereocenters. The molecule has 0 radical (unpaired) electrons. The molecule has 7 N–H and O–H groups in total. The Labute approximate surface area is 230 Å². The molecule has 0 bridgehead atoms. The Kier molecular flexibility index (Phi) is 9.95. The summed E-state index contributed by atoms with van der Waals surface area (Å²) in [6.07, 6.45) is 0.696. The Morgan fingerprint density at radius 2 is 1.68 bits per heavy atom. The third-order valence-corrected chi connectivity index (χ3v) is 6.85. The molecule has 0 aliphatic carbocycles. The normalized spacial score (nSPS) is 14.8. The summed E-state index contributed by atoms with van der Waals surface area (Å²) in [6.45, 7) is 5.21. The lowest BCUT2D eigenvalue weighted by atomic mass is 10.1. The van der Waals surface area contributed by atoms with E-state index in [0.29, 0.717) is 12.1 Å². The van der Waals surface area contributed by atoms with Crippen molar-refractivity contribution in [2.24, 2.45) is 21.5 Å². The SMILES string of the molecule is Cc1cc(NC(=O)CCc2ccc(N3C(N)=NC(N)=NC3(C)C)cc2)ccc1S(=O)(=O)F.O=C(O)CS(=O)(=O)O. The number of carbonyl (C=O) groups is 2. The van der Waals surface area contributed by atoms with Gasteiger partial charge in [0.2, 0.25) is 17.8 Å². The van der Waals surface area contributed by atoms with Crippen molar-refractivity contribution in [2.45, 2.75) is 44.2 Å². The Bertz CT molecular complexity index is 1560. The number of nitrogens with one attached hydrogen (secondary N) is 1. The van der Waals surface area contributed by atoms with Gasteiger partial charge in [0.05, 0.1) is 0 Å². The molecule has 0 saturated carbocycles. The molecular weight excluding hydrogens is 571 g/mol. The highest BCUT2D eigenvalue weighted by atomic mass is 32.3. The zero-order valence-electron chi connectivity index (χ0n) is 21.7. The standard InChI is InChI=1S/C21H25FN6O3S.C2H4O5S/c1-13-12-15(7-10-17(13)32(22,30)31)25-18(29)11-6-14-4-8-16(9-5-14)28-20(24)26-19(23)27-21(28,2)3;3-2(4)1-8(5,6)7/h4-5,7-10,12H,6,11H2,1-3H3,(H,25,29)(H4,23,24,26,27);1H2,(H,3,4)(H,5,6,7). The molecule has 0 spiro atoms. The second-order valence-corrected chi connectivity index (χ2v) is 11.8. The molecule has 0 fully saturated rings. The monoisotopic (exact) mass is 600 g/mol. The number of rotatable bonds is 8. The molecule has 0 atom stereocenters. The third kappa shape index (κ3) is 9.58. The Hall–Kier alpha value is -4.09. The van der Waals surface area contributed by atoms with Crippen LogP contribution in [0.2, 0.25) is 0 Å². The minimum absolute atomic E-state index is 0.127. The highest BCUT2D eigenvalue weighted by Crippen LogP contribution is 2.28. The lowest BCUT2D eigenvalue weighted by molar-refractivity contribution is -0.134. The van der Waals surface area contributed by atoms with Crippen LogP contribution in [-0.2, 0) is 36.4 Å². The van der Waals surface area contributed by atoms with E-state index >= 15 is 0 Å². The van der Waals surface area contributed by atoms with Crippen LogP contribution in [-0.4, -0.2) is 61.7 Å². The number of hydrogen-bond acceptors (Lipinski definition) is 11. The van der Waals surface area contributed by atoms with Crippen molar-refractivity contribution in [3.05, 3.63) is 53.6 Å². The van der Waals surface area contributed by atoms with Gasteiger partial charge in [0.25, 0.3) is 10.1 Å². The smallest absolute Gasteiger partial charge is 0.332 e. The molecule has 17 heteroatoms. The van der Waals surface area contributed by atoms with E-state index in [1.807, 2.05) is 38.1 Å². The van der Waals surface area contributed by atoms with Crippen molar-refractivity contribution in [3.63, 3.8) is 0 Å². The molecule has 218 valence electrons. The number of aryl methyl sites for hydroxylation is 2. The van der Waals surface area contributed by atoms with Gasteiger partial charge in [-0.2, -0.15) is 21.8 Å². The first kappa shape index (κ1) is 32.1. The van der Waals surface area contributed by atoms with E-state index in [-0.39, 0.29) is 29.8 Å². The van der Waals surface area contributed by atoms with Crippen LogP contribution in [0.1, 0.15) is 31.4 Å². The number of nitrogens with two attached hydrogens (primary N) is 2. The largest absolute Gasteiger partial charge is 0.480 e. The van der Waals surface area contributed by atoms with Crippen molar-refractivity contribution >= 4 is 55.5 Å². The molecule has 1 aliphatic rings.